The van der Waals surface area contributed by atoms with Crippen LogP contribution in [0.25, 0.3) is 0 Å². The number of nitrogens with zero attached hydrogens (tertiary/aromatic N) is 3. The van der Waals surface area contributed by atoms with Gasteiger partial charge in [-0.15, -0.1) is 0 Å². The van der Waals surface area contributed by atoms with Gasteiger partial charge in [0.25, 0.3) is 0 Å². The molecule has 2 bridgehead atoms. The second-order valence-electron chi connectivity index (χ2n) is 7.55. The van der Waals surface area contributed by atoms with E-state index in [1.165, 1.54) is 19.3 Å². The Hall–Kier alpha value is -1.63. The monoisotopic (exact) mass is 319 g/mol. The minimum absolute atomic E-state index is 0.0183. The molecule has 23 heavy (non-hydrogen) atoms. The Balaban J connectivity index is 1.33. The number of aromatic nitrogens is 3. The molecule has 1 saturated heterocycles. The van der Waals surface area contributed by atoms with Crippen LogP contribution in [0.5, 0.6) is 0 Å². The van der Waals surface area contributed by atoms with Gasteiger partial charge in [-0.1, -0.05) is 6.92 Å². The van der Waals surface area contributed by atoms with Crippen LogP contribution in [0, 0.1) is 23.2 Å². The highest BCUT2D eigenvalue weighted by molar-refractivity contribution is 5.74. The number of rotatable bonds is 4. The number of carbonyl (C=O) groups is 1. The van der Waals surface area contributed by atoms with Crippen LogP contribution in [0.3, 0.4) is 0 Å². The quantitative estimate of drug-likeness (QED) is 0.881. The van der Waals surface area contributed by atoms with Crippen molar-refractivity contribution in [3.8, 4) is 0 Å². The Bertz CT molecular complexity index is 603. The first-order valence-electron chi connectivity index (χ1n) is 8.52. The molecule has 7 nitrogen and oxygen atoms in total. The lowest BCUT2D eigenvalue weighted by molar-refractivity contribution is 0.151. The molecule has 4 atom stereocenters. The molecule has 126 valence electrons. The standard InChI is InChI=1S/C16H25N5O2/c1-16-9-21(7-12(16)10-3-4-11(16)5-10)15(22)17-6-13-18-14(8-23-2)20-19-13/h10-12H,3-9H2,1-2H3,(H,17,22)(H,18,19,20)/t10-,11+,12-,16+/m1/s1. The maximum atomic E-state index is 12.5. The predicted octanol–water partition coefficient (Wildman–Crippen LogP) is 1.53. The topological polar surface area (TPSA) is 83.1 Å². The molecule has 2 saturated carbocycles. The van der Waals surface area contributed by atoms with E-state index in [0.29, 0.717) is 36.1 Å². The van der Waals surface area contributed by atoms with Crippen LogP contribution in [0.2, 0.25) is 0 Å². The van der Waals surface area contributed by atoms with Gasteiger partial charge in [-0.25, -0.2) is 9.78 Å². The number of urea groups is 1. The van der Waals surface area contributed by atoms with E-state index < -0.39 is 0 Å². The summed E-state index contributed by atoms with van der Waals surface area (Å²) in [6, 6.07) is 0.0183. The first-order valence-corrected chi connectivity index (χ1v) is 8.52. The summed E-state index contributed by atoms with van der Waals surface area (Å²) in [4.78, 5) is 18.8. The van der Waals surface area contributed by atoms with Gasteiger partial charge < -0.3 is 15.0 Å². The number of nitrogens with one attached hydrogen (secondary N) is 2. The van der Waals surface area contributed by atoms with Crippen LogP contribution in [0.4, 0.5) is 4.79 Å². The zero-order chi connectivity index (χ0) is 16.0. The average Bonchev–Trinajstić information content (AvgIpc) is 3.25. The Kier molecular flexibility index (Phi) is 3.55. The normalized spacial score (nSPS) is 34.9. The van der Waals surface area contributed by atoms with Crippen molar-refractivity contribution in [2.45, 2.75) is 39.3 Å². The number of ether oxygens (including phenoxy) is 1. The Morgan fingerprint density at radius 3 is 3.17 bits per heavy atom. The molecule has 1 aromatic heterocycles. The molecule has 0 aromatic carbocycles. The highest BCUT2D eigenvalue weighted by atomic mass is 16.5. The van der Waals surface area contributed by atoms with Crippen molar-refractivity contribution in [2.24, 2.45) is 23.2 Å². The van der Waals surface area contributed by atoms with Gasteiger partial charge in [-0.05, 0) is 42.4 Å². The molecule has 0 radical (unpaired) electrons. The number of H-pyrrole nitrogens is 1. The summed E-state index contributed by atoms with van der Waals surface area (Å²) in [5.74, 6) is 3.63. The fourth-order valence-corrected chi connectivity index (χ4v) is 5.17. The van der Waals surface area contributed by atoms with Crippen LogP contribution < -0.4 is 5.32 Å². The van der Waals surface area contributed by atoms with Crippen molar-refractivity contribution in [3.63, 3.8) is 0 Å². The highest BCUT2D eigenvalue weighted by Crippen LogP contribution is 2.62. The van der Waals surface area contributed by atoms with Gasteiger partial charge in [0.1, 0.15) is 12.4 Å². The van der Waals surface area contributed by atoms with Crippen LogP contribution in [0.15, 0.2) is 0 Å². The minimum atomic E-state index is 0.0183. The van der Waals surface area contributed by atoms with Crippen molar-refractivity contribution < 1.29 is 9.53 Å². The maximum absolute atomic E-state index is 12.5. The molecule has 2 aliphatic carbocycles. The van der Waals surface area contributed by atoms with Crippen LogP contribution in [-0.2, 0) is 17.9 Å². The summed E-state index contributed by atoms with van der Waals surface area (Å²) in [7, 11) is 1.61. The summed E-state index contributed by atoms with van der Waals surface area (Å²) < 4.78 is 4.99. The third-order valence-electron chi connectivity index (χ3n) is 6.32. The van der Waals surface area contributed by atoms with Crippen LogP contribution >= 0.6 is 0 Å². The van der Waals surface area contributed by atoms with E-state index in [1.807, 2.05) is 4.90 Å². The molecule has 4 rings (SSSR count). The molecule has 1 aromatic rings. The number of hydrogen-bond donors (Lipinski definition) is 2. The molecule has 7 heteroatoms. The number of likely N-dealkylation sites (tertiary alicyclic amines) is 1. The van der Waals surface area contributed by atoms with Crippen LogP contribution in [0.1, 0.15) is 37.8 Å². The number of amides is 2. The Labute approximate surface area is 136 Å². The molecule has 1 aliphatic heterocycles. The second kappa shape index (κ2) is 5.47. The minimum Gasteiger partial charge on any atom is -0.377 e. The molecule has 2 N–H and O–H groups in total. The smallest absolute Gasteiger partial charge is 0.317 e. The lowest BCUT2D eigenvalue weighted by Gasteiger charge is -2.34. The fourth-order valence-electron chi connectivity index (χ4n) is 5.17. The van der Waals surface area contributed by atoms with E-state index in [0.717, 1.165) is 24.9 Å². The van der Waals surface area contributed by atoms with Gasteiger partial charge in [0.15, 0.2) is 5.82 Å². The molecule has 0 spiro atoms. The van der Waals surface area contributed by atoms with Crippen molar-refractivity contribution >= 4 is 6.03 Å². The number of aromatic amines is 1. The first-order chi connectivity index (χ1) is 11.1. The van der Waals surface area contributed by atoms with Gasteiger partial charge in [-0.2, -0.15) is 5.10 Å². The summed E-state index contributed by atoms with van der Waals surface area (Å²) in [5.41, 5.74) is 0.345. The van der Waals surface area contributed by atoms with E-state index in [9.17, 15) is 4.79 Å². The van der Waals surface area contributed by atoms with Gasteiger partial charge in [0.05, 0.1) is 6.54 Å². The summed E-state index contributed by atoms with van der Waals surface area (Å²) in [6.07, 6.45) is 4.10. The average molecular weight is 319 g/mol. The highest BCUT2D eigenvalue weighted by Gasteiger charge is 2.59. The summed E-state index contributed by atoms with van der Waals surface area (Å²) in [6.45, 7) is 4.95. The zero-order valence-corrected chi connectivity index (χ0v) is 13.8. The second-order valence-corrected chi connectivity index (χ2v) is 7.55. The third kappa shape index (κ3) is 2.41. The predicted molar refractivity (Wildman–Crippen MR) is 83.3 cm³/mol. The van der Waals surface area contributed by atoms with Crippen molar-refractivity contribution in [3.05, 3.63) is 11.6 Å². The molecule has 3 fully saturated rings. The third-order valence-corrected chi connectivity index (χ3v) is 6.32. The fraction of sp³-hybridized carbons (Fsp3) is 0.812. The lowest BCUT2D eigenvalue weighted by atomic mass is 9.70. The SMILES string of the molecule is COCc1n[nH]c(CNC(=O)N2C[C@@H]3[C@@H]4CC[C@@H](C4)[C@]3(C)C2)n1. The summed E-state index contributed by atoms with van der Waals surface area (Å²) in [5, 5.41) is 9.84. The number of carbonyl (C=O) groups excluding carboxylic acids is 1. The van der Waals surface area contributed by atoms with Gasteiger partial charge in [-0.3, -0.25) is 5.10 Å². The van der Waals surface area contributed by atoms with Gasteiger partial charge in [0.2, 0.25) is 0 Å². The number of hydrogen-bond acceptors (Lipinski definition) is 4. The Morgan fingerprint density at radius 2 is 2.39 bits per heavy atom. The molecule has 2 amide bonds. The van der Waals surface area contributed by atoms with E-state index in [1.54, 1.807) is 7.11 Å². The van der Waals surface area contributed by atoms with Gasteiger partial charge in [0, 0.05) is 20.2 Å². The molecular formula is C16H25N5O2. The first kappa shape index (κ1) is 14.9. The van der Waals surface area contributed by atoms with E-state index in [-0.39, 0.29) is 6.03 Å². The maximum Gasteiger partial charge on any atom is 0.317 e. The van der Waals surface area contributed by atoms with E-state index in [2.05, 4.69) is 27.4 Å². The van der Waals surface area contributed by atoms with Crippen molar-refractivity contribution in [1.82, 2.24) is 25.4 Å². The summed E-state index contributed by atoms with van der Waals surface area (Å²) >= 11 is 0. The number of fused-ring (bicyclic) bond motifs is 5. The van der Waals surface area contributed by atoms with E-state index >= 15 is 0 Å². The van der Waals surface area contributed by atoms with E-state index in [4.69, 9.17) is 4.74 Å². The van der Waals surface area contributed by atoms with Crippen LogP contribution in [-0.4, -0.2) is 46.3 Å². The molecular weight excluding hydrogens is 294 g/mol. The zero-order valence-electron chi connectivity index (χ0n) is 13.8. The Morgan fingerprint density at radius 1 is 1.52 bits per heavy atom. The van der Waals surface area contributed by atoms with Crippen molar-refractivity contribution in [2.75, 3.05) is 20.2 Å². The molecule has 0 unspecified atom stereocenters. The van der Waals surface area contributed by atoms with Gasteiger partial charge >= 0.3 is 6.03 Å². The molecule has 2 heterocycles. The lowest BCUT2D eigenvalue weighted by Crippen LogP contribution is -2.40. The molecule has 3 aliphatic rings. The largest absolute Gasteiger partial charge is 0.377 e. The van der Waals surface area contributed by atoms with Crippen molar-refractivity contribution in [1.29, 1.82) is 0 Å². The number of methoxy groups -OCH3 is 1.